The second kappa shape index (κ2) is 7.55. The summed E-state index contributed by atoms with van der Waals surface area (Å²) in [5, 5.41) is 0. The molecule has 0 amide bonds. The standard InChI is InChI=1S/C14H11N2.C6H18NSi2.Sb.H/c15-13(11-7-3-1-4-8-11)14(16)12-9-5-2-6-10-12;1-8(2,3)7-9(4,5)6;;/h1-10,15H;1-6H3;;/q2*-1;+2;. The third-order valence-electron chi connectivity index (χ3n) is 4.35. The Bertz CT molecular complexity index is 821. The van der Waals surface area contributed by atoms with Crippen molar-refractivity contribution < 1.29 is 0 Å². The van der Waals surface area contributed by atoms with Crippen LogP contribution < -0.4 is 3.48 Å². The van der Waals surface area contributed by atoms with E-state index in [0.29, 0.717) is 0 Å². The Balaban J connectivity index is 2.11. The van der Waals surface area contributed by atoms with E-state index in [0.717, 1.165) is 5.70 Å². The van der Waals surface area contributed by atoms with Crippen molar-refractivity contribution in [3.63, 3.8) is 0 Å². The Hall–Kier alpha value is -1.01. The third-order valence-corrected chi connectivity index (χ3v) is 29.2. The van der Waals surface area contributed by atoms with Gasteiger partial charge in [0.25, 0.3) is 0 Å². The molecule has 1 aliphatic rings. The van der Waals surface area contributed by atoms with Gasteiger partial charge in [0.2, 0.25) is 0 Å². The average Bonchev–Trinajstić information content (AvgIpc) is 2.98. The first-order valence-electron chi connectivity index (χ1n) is 9.19. The zero-order valence-electron chi connectivity index (χ0n) is 16.7. The molecule has 0 aromatic heterocycles. The Kier molecular flexibility index (Phi) is 5.73. The van der Waals surface area contributed by atoms with Crippen LogP contribution in [0.1, 0.15) is 11.1 Å². The van der Waals surface area contributed by atoms with E-state index in [2.05, 4.69) is 106 Å². The van der Waals surface area contributed by atoms with Crippen molar-refractivity contribution in [1.82, 2.24) is 5.87 Å². The van der Waals surface area contributed by atoms with Crippen molar-refractivity contribution in [2.45, 2.75) is 39.3 Å². The van der Waals surface area contributed by atoms with Gasteiger partial charge in [0.05, 0.1) is 0 Å². The number of hydrogen-bond acceptors (Lipinski definition) is 3. The molecule has 2 aromatic carbocycles. The maximum atomic E-state index is 5.41. The summed E-state index contributed by atoms with van der Waals surface area (Å²) < 4.78 is 12.3. The second-order valence-electron chi connectivity index (χ2n) is 8.69. The number of nitrogens with zero attached hydrogens (tertiary/aromatic N) is 2. The molecule has 0 bridgehead atoms. The number of rotatable bonds is 5. The van der Waals surface area contributed by atoms with E-state index >= 15 is 0 Å². The van der Waals surface area contributed by atoms with Crippen molar-refractivity contribution in [2.24, 2.45) is 3.09 Å². The van der Waals surface area contributed by atoms with Gasteiger partial charge in [-0.2, -0.15) is 0 Å². The van der Waals surface area contributed by atoms with Crippen LogP contribution in [-0.2, 0) is 0 Å². The summed E-state index contributed by atoms with van der Waals surface area (Å²) in [4.78, 5) is 0. The summed E-state index contributed by atoms with van der Waals surface area (Å²) >= 11 is -2.34. The molecule has 26 heavy (non-hydrogen) atoms. The Morgan fingerprint density at radius 2 is 1.19 bits per heavy atom. The van der Waals surface area contributed by atoms with Crippen LogP contribution in [0, 0.1) is 0 Å². The normalized spacial score (nSPS) is 18.0. The van der Waals surface area contributed by atoms with Crippen LogP contribution in [0.15, 0.2) is 63.8 Å². The Labute approximate surface area is 167 Å². The van der Waals surface area contributed by atoms with Gasteiger partial charge in [0.15, 0.2) is 0 Å². The quantitative estimate of drug-likeness (QED) is 0.593. The summed E-state index contributed by atoms with van der Waals surface area (Å²) in [5.74, 6) is 0. The summed E-state index contributed by atoms with van der Waals surface area (Å²) in [6.07, 6.45) is 0. The SMILES string of the molecule is C[Si](C)(C)[N]([SbH]1=[N]C(c2ccccc2)=C(c2ccccc2)[NH]1)[Si](C)(C)C. The first kappa shape index (κ1) is 19.7. The molecule has 1 heterocycles. The van der Waals surface area contributed by atoms with E-state index in [1.165, 1.54) is 16.8 Å². The van der Waals surface area contributed by atoms with Gasteiger partial charge in [0.1, 0.15) is 0 Å². The summed E-state index contributed by atoms with van der Waals surface area (Å²) in [6.45, 7) is 14.8. The van der Waals surface area contributed by atoms with E-state index < -0.39 is 37.1 Å². The molecule has 0 saturated carbocycles. The molecule has 0 aliphatic carbocycles. The molecule has 0 saturated heterocycles. The first-order chi connectivity index (χ1) is 12.2. The number of benzene rings is 2. The van der Waals surface area contributed by atoms with E-state index in [1.54, 1.807) is 0 Å². The molecule has 1 aliphatic heterocycles. The van der Waals surface area contributed by atoms with Gasteiger partial charge < -0.3 is 0 Å². The topological polar surface area (TPSA) is 27.6 Å². The van der Waals surface area contributed by atoms with Crippen molar-refractivity contribution in [3.8, 4) is 0 Å². The van der Waals surface area contributed by atoms with Gasteiger partial charge in [-0.1, -0.05) is 0 Å². The van der Waals surface area contributed by atoms with E-state index in [4.69, 9.17) is 3.09 Å². The summed E-state index contributed by atoms with van der Waals surface area (Å²) in [5.41, 5.74) is 4.86. The monoisotopic (exact) mass is 489 g/mol. The fourth-order valence-electron chi connectivity index (χ4n) is 3.73. The Morgan fingerprint density at radius 3 is 1.65 bits per heavy atom. The predicted octanol–water partition coefficient (Wildman–Crippen LogP) is 5.07. The molecule has 3 nitrogen and oxygen atoms in total. The van der Waals surface area contributed by atoms with Crippen LogP contribution in [-0.4, -0.2) is 39.5 Å². The average molecular weight is 490 g/mol. The van der Waals surface area contributed by atoms with Gasteiger partial charge in [-0.3, -0.25) is 0 Å². The van der Waals surface area contributed by atoms with Crippen LogP contribution in [0.2, 0.25) is 39.3 Å². The van der Waals surface area contributed by atoms with Gasteiger partial charge in [-0.25, -0.2) is 0 Å². The van der Waals surface area contributed by atoms with Crippen LogP contribution in [0.5, 0.6) is 0 Å². The van der Waals surface area contributed by atoms with E-state index in [9.17, 15) is 0 Å². The van der Waals surface area contributed by atoms with Gasteiger partial charge in [0, 0.05) is 0 Å². The van der Waals surface area contributed by atoms with Crippen LogP contribution >= 0.6 is 0 Å². The van der Waals surface area contributed by atoms with Crippen molar-refractivity contribution in [2.75, 3.05) is 0 Å². The molecule has 0 radical (unpaired) electrons. The first-order valence-corrected chi connectivity index (χ1v) is 20.1. The molecular formula is C20H30N3SbSi2. The fourth-order valence-corrected chi connectivity index (χ4v) is 28.8. The molecule has 1 N–H and O–H groups in total. The molecule has 138 valence electrons. The third kappa shape index (κ3) is 4.28. The van der Waals surface area contributed by atoms with Gasteiger partial charge >= 0.3 is 168 Å². The zero-order valence-corrected chi connectivity index (χ0v) is 21.5. The molecule has 0 spiro atoms. The second-order valence-corrected chi connectivity index (χ2v) is 25.7. The summed E-state index contributed by atoms with van der Waals surface area (Å²) in [6, 6.07) is 21.4. The molecule has 1 atom stereocenters. The van der Waals surface area contributed by atoms with Crippen molar-refractivity contribution >= 4 is 48.5 Å². The van der Waals surface area contributed by atoms with Gasteiger partial charge in [-0.05, 0) is 0 Å². The predicted molar refractivity (Wildman–Crippen MR) is 121 cm³/mol. The van der Waals surface area contributed by atoms with Crippen LogP contribution in [0.3, 0.4) is 0 Å². The minimum atomic E-state index is -2.34. The van der Waals surface area contributed by atoms with Crippen LogP contribution in [0.4, 0.5) is 0 Å². The summed E-state index contributed by atoms with van der Waals surface area (Å²) in [7, 11) is -2.90. The van der Waals surface area contributed by atoms with Crippen molar-refractivity contribution in [1.29, 1.82) is 0 Å². The molecule has 2 aromatic rings. The van der Waals surface area contributed by atoms with Crippen molar-refractivity contribution in [3.05, 3.63) is 71.8 Å². The fraction of sp³-hybridized carbons (Fsp3) is 0.300. The Morgan fingerprint density at radius 1 is 0.731 bits per heavy atom. The van der Waals surface area contributed by atoms with E-state index in [1.807, 2.05) is 0 Å². The molecule has 0 fully saturated rings. The van der Waals surface area contributed by atoms with E-state index in [-0.39, 0.29) is 0 Å². The minimum absolute atomic E-state index is 1.16. The van der Waals surface area contributed by atoms with Gasteiger partial charge in [-0.15, -0.1) is 0 Å². The number of nitrogens with one attached hydrogen (secondary N) is 1. The molecule has 3 rings (SSSR count). The molecular weight excluding hydrogens is 460 g/mol. The zero-order chi connectivity index (χ0) is 18.9. The molecule has 6 heteroatoms. The maximum absolute atomic E-state index is 5.41. The number of hydrogen-bond donors (Lipinski definition) is 1. The molecule has 1 unspecified atom stereocenters. The van der Waals surface area contributed by atoms with Crippen LogP contribution in [0.25, 0.3) is 11.4 Å².